The Balaban J connectivity index is 0.00000225. The molecule has 1 atom stereocenters. The smallest absolute Gasteiger partial charge is 0.314 e. The van der Waals surface area contributed by atoms with E-state index in [9.17, 15) is 15.2 Å². The maximum Gasteiger partial charge on any atom is 0.314 e. The zero-order chi connectivity index (χ0) is 11.6. The van der Waals surface area contributed by atoms with E-state index in [1.807, 2.05) is 0 Å². The van der Waals surface area contributed by atoms with E-state index in [1.165, 1.54) is 19.2 Å². The fourth-order valence-electron chi connectivity index (χ4n) is 1.17. The van der Waals surface area contributed by atoms with Crippen LogP contribution in [0.15, 0.2) is 12.1 Å². The first-order valence-electron chi connectivity index (χ1n) is 4.28. The maximum absolute atomic E-state index is 10.6. The molecule has 0 spiro atoms. The standard InChI is InChI=1S/C9H12N2O4.ClH/c1-5(10)6-3-7(11(13)14)9(12)8(4-6)15-2;/h3-5,12H,10H2,1-2H3;1H/t5-;/m1./s1. The van der Waals surface area contributed by atoms with Gasteiger partial charge < -0.3 is 15.6 Å². The number of nitro groups is 1. The van der Waals surface area contributed by atoms with E-state index in [0.717, 1.165) is 0 Å². The number of nitrogens with zero attached hydrogens (tertiary/aromatic N) is 1. The first kappa shape index (κ1) is 14.5. The quantitative estimate of drug-likeness (QED) is 0.627. The van der Waals surface area contributed by atoms with Gasteiger partial charge in [0.1, 0.15) is 0 Å². The summed E-state index contributed by atoms with van der Waals surface area (Å²) in [5, 5.41) is 20.1. The van der Waals surface area contributed by atoms with E-state index < -0.39 is 16.4 Å². The molecular formula is C9H13ClN2O4. The number of halogens is 1. The highest BCUT2D eigenvalue weighted by Gasteiger charge is 2.20. The highest BCUT2D eigenvalue weighted by atomic mass is 35.5. The number of hydrogen-bond donors (Lipinski definition) is 2. The molecule has 7 heteroatoms. The fraction of sp³-hybridized carbons (Fsp3) is 0.333. The Morgan fingerprint density at radius 2 is 2.12 bits per heavy atom. The molecule has 6 nitrogen and oxygen atoms in total. The van der Waals surface area contributed by atoms with Crippen LogP contribution in [0.25, 0.3) is 0 Å². The Bertz CT molecular complexity index is 395. The summed E-state index contributed by atoms with van der Waals surface area (Å²) in [5.74, 6) is -0.427. The molecule has 0 aromatic heterocycles. The third-order valence-corrected chi connectivity index (χ3v) is 2.02. The Morgan fingerprint density at radius 3 is 2.50 bits per heavy atom. The van der Waals surface area contributed by atoms with Gasteiger partial charge in [0, 0.05) is 12.1 Å². The van der Waals surface area contributed by atoms with Crippen LogP contribution in [-0.4, -0.2) is 17.1 Å². The van der Waals surface area contributed by atoms with Crippen molar-refractivity contribution in [1.29, 1.82) is 0 Å². The van der Waals surface area contributed by atoms with Gasteiger partial charge in [-0.1, -0.05) is 0 Å². The summed E-state index contributed by atoms with van der Waals surface area (Å²) < 4.78 is 4.82. The first-order valence-corrected chi connectivity index (χ1v) is 4.28. The lowest BCUT2D eigenvalue weighted by atomic mass is 10.1. The normalized spacial score (nSPS) is 11.4. The second-order valence-corrected chi connectivity index (χ2v) is 3.14. The Kier molecular flexibility index (Phi) is 5.00. The number of nitro benzene ring substituents is 1. The maximum atomic E-state index is 10.6. The van der Waals surface area contributed by atoms with Gasteiger partial charge in [0.05, 0.1) is 12.0 Å². The highest BCUT2D eigenvalue weighted by Crippen LogP contribution is 2.37. The van der Waals surface area contributed by atoms with Crippen LogP contribution >= 0.6 is 12.4 Å². The minimum atomic E-state index is -0.677. The van der Waals surface area contributed by atoms with Crippen molar-refractivity contribution < 1.29 is 14.8 Å². The van der Waals surface area contributed by atoms with Gasteiger partial charge >= 0.3 is 5.69 Å². The molecule has 0 aliphatic rings. The summed E-state index contributed by atoms with van der Waals surface area (Å²) in [6.45, 7) is 1.69. The van der Waals surface area contributed by atoms with Gasteiger partial charge in [0.15, 0.2) is 5.75 Å². The first-order chi connectivity index (χ1) is 6.97. The lowest BCUT2D eigenvalue weighted by Gasteiger charge is -2.09. The van der Waals surface area contributed by atoms with E-state index in [0.29, 0.717) is 5.56 Å². The van der Waals surface area contributed by atoms with Gasteiger partial charge in [0.25, 0.3) is 0 Å². The van der Waals surface area contributed by atoms with E-state index in [4.69, 9.17) is 10.5 Å². The Morgan fingerprint density at radius 1 is 1.56 bits per heavy atom. The number of phenols is 1. The molecule has 0 aliphatic heterocycles. The third-order valence-electron chi connectivity index (χ3n) is 2.02. The molecule has 1 rings (SSSR count). The number of benzene rings is 1. The second-order valence-electron chi connectivity index (χ2n) is 3.14. The molecule has 1 aromatic rings. The number of rotatable bonds is 3. The monoisotopic (exact) mass is 248 g/mol. The van der Waals surface area contributed by atoms with Crippen molar-refractivity contribution in [2.45, 2.75) is 13.0 Å². The average molecular weight is 249 g/mol. The zero-order valence-corrected chi connectivity index (χ0v) is 9.65. The van der Waals surface area contributed by atoms with Crippen molar-refractivity contribution in [3.63, 3.8) is 0 Å². The fourth-order valence-corrected chi connectivity index (χ4v) is 1.17. The lowest BCUT2D eigenvalue weighted by molar-refractivity contribution is -0.386. The molecule has 0 fully saturated rings. The van der Waals surface area contributed by atoms with Gasteiger partial charge in [-0.2, -0.15) is 0 Å². The molecule has 1 aromatic carbocycles. The molecule has 0 aliphatic carbocycles. The number of phenolic OH excluding ortho intramolecular Hbond substituents is 1. The molecule has 0 amide bonds. The summed E-state index contributed by atoms with van der Waals surface area (Å²) in [6, 6.07) is 2.35. The molecule has 0 heterocycles. The van der Waals surface area contributed by atoms with E-state index in [2.05, 4.69) is 0 Å². The van der Waals surface area contributed by atoms with Gasteiger partial charge in [-0.3, -0.25) is 10.1 Å². The van der Waals surface area contributed by atoms with E-state index >= 15 is 0 Å². The Hall–Kier alpha value is -1.53. The molecule has 3 N–H and O–H groups in total. The van der Waals surface area contributed by atoms with E-state index in [1.54, 1.807) is 6.92 Å². The minimum Gasteiger partial charge on any atom is -0.500 e. The van der Waals surface area contributed by atoms with E-state index in [-0.39, 0.29) is 24.2 Å². The number of ether oxygens (including phenoxy) is 1. The van der Waals surface area contributed by atoms with Gasteiger partial charge in [-0.05, 0) is 18.6 Å². The van der Waals surface area contributed by atoms with Crippen LogP contribution in [0.5, 0.6) is 11.5 Å². The number of methoxy groups -OCH3 is 1. The molecule has 0 unspecified atom stereocenters. The largest absolute Gasteiger partial charge is 0.500 e. The molecule has 0 radical (unpaired) electrons. The topological polar surface area (TPSA) is 98.6 Å². The number of aromatic hydroxyl groups is 1. The summed E-state index contributed by atoms with van der Waals surface area (Å²) in [5.41, 5.74) is 5.73. The highest BCUT2D eigenvalue weighted by molar-refractivity contribution is 5.85. The van der Waals surface area contributed by atoms with Crippen molar-refractivity contribution in [3.05, 3.63) is 27.8 Å². The lowest BCUT2D eigenvalue weighted by Crippen LogP contribution is -2.06. The van der Waals surface area contributed by atoms with Crippen molar-refractivity contribution in [2.75, 3.05) is 7.11 Å². The third kappa shape index (κ3) is 2.74. The van der Waals surface area contributed by atoms with Crippen LogP contribution < -0.4 is 10.5 Å². The van der Waals surface area contributed by atoms with Crippen molar-refractivity contribution in [2.24, 2.45) is 5.73 Å². The van der Waals surface area contributed by atoms with Gasteiger partial charge in [0.2, 0.25) is 5.75 Å². The van der Waals surface area contributed by atoms with Crippen LogP contribution in [-0.2, 0) is 0 Å². The summed E-state index contributed by atoms with van der Waals surface area (Å²) >= 11 is 0. The van der Waals surface area contributed by atoms with Crippen molar-refractivity contribution in [3.8, 4) is 11.5 Å². The summed E-state index contributed by atoms with van der Waals surface area (Å²) in [7, 11) is 1.32. The predicted octanol–water partition coefficient (Wildman–Crippen LogP) is 1.75. The van der Waals surface area contributed by atoms with Crippen molar-refractivity contribution in [1.82, 2.24) is 0 Å². The SMILES string of the molecule is COc1cc([C@@H](C)N)cc([N+](=O)[O-])c1O.Cl. The van der Waals surface area contributed by atoms with Crippen LogP contribution in [0, 0.1) is 10.1 Å². The van der Waals surface area contributed by atoms with Gasteiger partial charge in [-0.15, -0.1) is 12.4 Å². The molecular weight excluding hydrogens is 236 g/mol. The summed E-state index contributed by atoms with van der Waals surface area (Å²) in [4.78, 5) is 9.94. The molecule has 16 heavy (non-hydrogen) atoms. The Labute approximate surface area is 98.6 Å². The predicted molar refractivity (Wildman–Crippen MR) is 61.2 cm³/mol. The van der Waals surface area contributed by atoms with Crippen LogP contribution in [0.4, 0.5) is 5.69 Å². The van der Waals surface area contributed by atoms with Crippen LogP contribution in [0.1, 0.15) is 18.5 Å². The molecule has 0 saturated heterocycles. The zero-order valence-electron chi connectivity index (χ0n) is 8.84. The molecule has 0 bridgehead atoms. The van der Waals surface area contributed by atoms with Crippen molar-refractivity contribution >= 4 is 18.1 Å². The molecule has 0 saturated carbocycles. The number of nitrogens with two attached hydrogens (primary N) is 1. The summed E-state index contributed by atoms with van der Waals surface area (Å²) in [6.07, 6.45) is 0. The minimum absolute atomic E-state index is 0. The average Bonchev–Trinajstić information content (AvgIpc) is 2.17. The van der Waals surface area contributed by atoms with Crippen LogP contribution in [0.2, 0.25) is 0 Å². The molecule has 90 valence electrons. The number of hydrogen-bond acceptors (Lipinski definition) is 5. The van der Waals surface area contributed by atoms with Gasteiger partial charge in [-0.25, -0.2) is 0 Å². The second kappa shape index (κ2) is 5.53. The van der Waals surface area contributed by atoms with Crippen LogP contribution in [0.3, 0.4) is 0 Å².